The van der Waals surface area contributed by atoms with Crippen molar-refractivity contribution in [3.8, 4) is 17.1 Å². The Balaban J connectivity index is 1.80. The average molecular weight is 478 g/mol. The van der Waals surface area contributed by atoms with Crippen LogP contribution in [-0.4, -0.2) is 42.6 Å². The van der Waals surface area contributed by atoms with Gasteiger partial charge in [0.25, 0.3) is 11.5 Å². The minimum Gasteiger partial charge on any atom is -0.493 e. The van der Waals surface area contributed by atoms with E-state index in [4.69, 9.17) is 14.9 Å². The van der Waals surface area contributed by atoms with E-state index in [0.717, 1.165) is 12.1 Å². The average Bonchev–Trinajstić information content (AvgIpc) is 3.19. The molecule has 2 heterocycles. The molecule has 1 unspecified atom stereocenters. The number of nitrogens with zero attached hydrogens (tertiary/aromatic N) is 3. The number of fused-ring (bicyclic) bond motifs is 1. The minimum atomic E-state index is -1.01. The molecule has 2 aromatic carbocycles. The van der Waals surface area contributed by atoms with Crippen molar-refractivity contribution >= 4 is 16.9 Å². The van der Waals surface area contributed by atoms with E-state index in [0.29, 0.717) is 52.3 Å². The maximum Gasteiger partial charge on any atom is 0.277 e. The normalized spacial score (nSPS) is 12.0. The Morgan fingerprint density at radius 2 is 1.89 bits per heavy atom. The molecule has 182 valence electrons. The van der Waals surface area contributed by atoms with Gasteiger partial charge >= 0.3 is 0 Å². The maximum atomic E-state index is 12.9. The number of carbonyl (C=O) groups excluding carboxylic acids is 1. The molecular formula is C25H27N5O5. The summed E-state index contributed by atoms with van der Waals surface area (Å²) in [6.07, 6.45) is 0.537. The summed E-state index contributed by atoms with van der Waals surface area (Å²) in [5, 5.41) is 24.3. The van der Waals surface area contributed by atoms with Gasteiger partial charge in [-0.2, -0.15) is 5.10 Å². The number of aryl methyl sites for hydroxylation is 2. The van der Waals surface area contributed by atoms with Crippen LogP contribution in [0.3, 0.4) is 0 Å². The molecule has 1 amide bonds. The third kappa shape index (κ3) is 4.66. The lowest BCUT2D eigenvalue weighted by Crippen LogP contribution is -2.18. The van der Waals surface area contributed by atoms with Crippen molar-refractivity contribution in [2.24, 2.45) is 7.05 Å². The number of ether oxygens (including phenoxy) is 1. The molecule has 0 saturated heterocycles. The number of hydrogen-bond acceptors (Lipinski definition) is 7. The molecule has 0 saturated carbocycles. The second-order valence-electron chi connectivity index (χ2n) is 8.09. The van der Waals surface area contributed by atoms with Crippen molar-refractivity contribution in [3.05, 3.63) is 75.2 Å². The highest BCUT2D eigenvalue weighted by atomic mass is 16.5. The first kappa shape index (κ1) is 24.1. The van der Waals surface area contributed by atoms with Crippen LogP contribution in [0.15, 0.2) is 47.3 Å². The smallest absolute Gasteiger partial charge is 0.277 e. The Kier molecular flexibility index (Phi) is 6.94. The second-order valence-corrected chi connectivity index (χ2v) is 8.09. The molecule has 0 radical (unpaired) electrons. The van der Waals surface area contributed by atoms with Crippen molar-refractivity contribution < 1.29 is 19.8 Å². The highest BCUT2D eigenvalue weighted by Gasteiger charge is 2.20. The lowest BCUT2D eigenvalue weighted by molar-refractivity contribution is 0.0706. The number of carbonyl (C=O) groups is 1. The molecule has 2 aromatic heterocycles. The number of amides is 1. The predicted octanol–water partition coefficient (Wildman–Crippen LogP) is 2.88. The molecule has 4 aromatic rings. The van der Waals surface area contributed by atoms with Crippen LogP contribution >= 0.6 is 0 Å². The minimum absolute atomic E-state index is 0.255. The van der Waals surface area contributed by atoms with Crippen LogP contribution in [0.5, 0.6) is 5.75 Å². The summed E-state index contributed by atoms with van der Waals surface area (Å²) in [5.74, 6) is 0.194. The van der Waals surface area contributed by atoms with Gasteiger partial charge in [-0.1, -0.05) is 31.5 Å². The summed E-state index contributed by atoms with van der Waals surface area (Å²) in [4.78, 5) is 32.1. The number of nitrogens with one attached hydrogen (secondary N) is 2. The van der Waals surface area contributed by atoms with Crippen LogP contribution < -0.4 is 15.8 Å². The van der Waals surface area contributed by atoms with Gasteiger partial charge in [-0.25, -0.2) is 10.5 Å². The number of H-pyrrole nitrogens is 1. The number of benzene rings is 2. The number of hydrogen-bond donors (Lipinski definition) is 4. The van der Waals surface area contributed by atoms with Crippen LogP contribution in [0.1, 0.15) is 53.6 Å². The van der Waals surface area contributed by atoms with Crippen LogP contribution in [-0.2, 0) is 13.5 Å². The summed E-state index contributed by atoms with van der Waals surface area (Å²) >= 11 is 0. The van der Waals surface area contributed by atoms with E-state index in [2.05, 4.69) is 10.1 Å². The number of aliphatic hydroxyl groups excluding tert-OH is 1. The van der Waals surface area contributed by atoms with Gasteiger partial charge in [-0.3, -0.25) is 19.5 Å². The van der Waals surface area contributed by atoms with Gasteiger partial charge in [0.05, 0.1) is 17.9 Å². The van der Waals surface area contributed by atoms with E-state index in [1.165, 1.54) is 12.1 Å². The third-order valence-corrected chi connectivity index (χ3v) is 5.71. The Morgan fingerprint density at radius 1 is 1.17 bits per heavy atom. The van der Waals surface area contributed by atoms with Gasteiger partial charge in [-0.05, 0) is 48.7 Å². The molecule has 0 bridgehead atoms. The fourth-order valence-electron chi connectivity index (χ4n) is 4.04. The predicted molar refractivity (Wildman–Crippen MR) is 129 cm³/mol. The highest BCUT2D eigenvalue weighted by Crippen LogP contribution is 2.33. The molecule has 4 N–H and O–H groups in total. The first-order chi connectivity index (χ1) is 16.9. The number of aromatic amines is 1. The summed E-state index contributed by atoms with van der Waals surface area (Å²) in [7, 11) is 1.72. The van der Waals surface area contributed by atoms with Crippen LogP contribution in [0.2, 0.25) is 0 Å². The summed E-state index contributed by atoms with van der Waals surface area (Å²) in [6, 6.07) is 11.4. The molecule has 0 fully saturated rings. The highest BCUT2D eigenvalue weighted by molar-refractivity contribution is 5.93. The fraction of sp³-hybridized carbons (Fsp3) is 0.280. The van der Waals surface area contributed by atoms with E-state index in [9.17, 15) is 14.7 Å². The molecule has 0 aliphatic rings. The van der Waals surface area contributed by atoms with Crippen LogP contribution in [0, 0.1) is 0 Å². The Hall–Kier alpha value is -4.02. The van der Waals surface area contributed by atoms with E-state index >= 15 is 0 Å². The fourth-order valence-corrected chi connectivity index (χ4v) is 4.04. The number of aromatic nitrogens is 4. The van der Waals surface area contributed by atoms with Crippen molar-refractivity contribution in [2.45, 2.75) is 32.8 Å². The SMILES string of the molecule is CCCc1nn(C)c2c(=O)[nH]c(-c3cc(C(O)c4ccc(C(=O)NO)cc4)ccc3OCC)nc12. The zero-order chi connectivity index (χ0) is 25.1. The van der Waals surface area contributed by atoms with E-state index in [1.807, 2.05) is 13.8 Å². The van der Waals surface area contributed by atoms with Crippen molar-refractivity contribution in [1.82, 2.24) is 25.2 Å². The summed E-state index contributed by atoms with van der Waals surface area (Å²) < 4.78 is 7.33. The Bertz CT molecular complexity index is 1420. The summed E-state index contributed by atoms with van der Waals surface area (Å²) in [6.45, 7) is 4.30. The number of hydroxylamine groups is 1. The largest absolute Gasteiger partial charge is 0.493 e. The van der Waals surface area contributed by atoms with Gasteiger partial charge < -0.3 is 14.8 Å². The first-order valence-corrected chi connectivity index (χ1v) is 11.3. The van der Waals surface area contributed by atoms with Gasteiger partial charge in [0.1, 0.15) is 23.2 Å². The zero-order valence-electron chi connectivity index (χ0n) is 19.7. The van der Waals surface area contributed by atoms with E-state index in [1.54, 1.807) is 47.5 Å². The Labute approximate surface area is 201 Å². The zero-order valence-corrected chi connectivity index (χ0v) is 19.7. The van der Waals surface area contributed by atoms with Crippen LogP contribution in [0.25, 0.3) is 22.4 Å². The molecule has 35 heavy (non-hydrogen) atoms. The van der Waals surface area contributed by atoms with Gasteiger partial charge in [0, 0.05) is 12.6 Å². The second kappa shape index (κ2) is 10.1. The lowest BCUT2D eigenvalue weighted by atomic mass is 9.98. The van der Waals surface area contributed by atoms with E-state index < -0.39 is 12.0 Å². The lowest BCUT2D eigenvalue weighted by Gasteiger charge is -2.16. The topological polar surface area (TPSA) is 142 Å². The first-order valence-electron chi connectivity index (χ1n) is 11.3. The molecular weight excluding hydrogens is 450 g/mol. The standard InChI is InChI=1S/C25H27N5O5/c1-4-6-18-20-21(30(3)28-18)25(33)27-23(26-20)17-13-16(11-12-19(17)35-5-2)22(31)14-7-9-15(10-8-14)24(32)29-34/h7-13,22,31,34H,4-6H2,1-3H3,(H,29,32)(H,26,27,33). The molecule has 0 spiro atoms. The molecule has 10 heteroatoms. The maximum absolute atomic E-state index is 12.9. The van der Waals surface area contributed by atoms with Gasteiger partial charge in [0.15, 0.2) is 5.52 Å². The molecule has 0 aliphatic carbocycles. The summed E-state index contributed by atoms with van der Waals surface area (Å²) in [5.41, 5.74) is 4.84. The van der Waals surface area contributed by atoms with Crippen LogP contribution in [0.4, 0.5) is 0 Å². The molecule has 0 aliphatic heterocycles. The van der Waals surface area contributed by atoms with Crippen molar-refractivity contribution in [2.75, 3.05) is 6.61 Å². The van der Waals surface area contributed by atoms with E-state index in [-0.39, 0.29) is 11.1 Å². The quantitative estimate of drug-likeness (QED) is 0.226. The van der Waals surface area contributed by atoms with Crippen molar-refractivity contribution in [3.63, 3.8) is 0 Å². The number of rotatable bonds is 8. The van der Waals surface area contributed by atoms with Crippen molar-refractivity contribution in [1.29, 1.82) is 0 Å². The monoisotopic (exact) mass is 477 g/mol. The van der Waals surface area contributed by atoms with Gasteiger partial charge in [0.2, 0.25) is 0 Å². The number of aliphatic hydroxyl groups is 1. The van der Waals surface area contributed by atoms with Gasteiger partial charge in [-0.15, -0.1) is 0 Å². The molecule has 1 atom stereocenters. The third-order valence-electron chi connectivity index (χ3n) is 5.71. The Morgan fingerprint density at radius 3 is 2.54 bits per heavy atom. The molecule has 4 rings (SSSR count). The molecule has 10 nitrogen and oxygen atoms in total.